The maximum absolute atomic E-state index is 5.51. The first-order valence-electron chi connectivity index (χ1n) is 21.2. The molecule has 0 aromatic carbocycles. The van der Waals surface area contributed by atoms with Crippen LogP contribution >= 0.6 is 0 Å². The lowest BCUT2D eigenvalue weighted by molar-refractivity contribution is -0.299. The third-order valence-corrected chi connectivity index (χ3v) is 7.64. The Labute approximate surface area is 334 Å². The van der Waals surface area contributed by atoms with Crippen LogP contribution in [0.25, 0.3) is 0 Å². The summed E-state index contributed by atoms with van der Waals surface area (Å²) in [4.78, 5) is 10.4. The fourth-order valence-corrected chi connectivity index (χ4v) is 4.64. The van der Waals surface area contributed by atoms with Crippen LogP contribution in [0.5, 0.6) is 0 Å². The van der Waals surface area contributed by atoms with Gasteiger partial charge in [0.1, 0.15) is 6.61 Å². The highest BCUT2D eigenvalue weighted by Gasteiger charge is 1.98. The van der Waals surface area contributed by atoms with Gasteiger partial charge in [0.25, 0.3) is 0 Å². The Hall–Kier alpha value is -0.600. The van der Waals surface area contributed by atoms with Crippen molar-refractivity contribution in [3.63, 3.8) is 0 Å². The second-order valence-corrected chi connectivity index (χ2v) is 12.4. The van der Waals surface area contributed by atoms with Gasteiger partial charge in [0, 0.05) is 6.61 Å². The molecule has 0 aliphatic heterocycles. The van der Waals surface area contributed by atoms with E-state index in [4.69, 9.17) is 71.4 Å². The summed E-state index contributed by atoms with van der Waals surface area (Å²) >= 11 is 0. The Bertz CT molecular complexity index is 602. The summed E-state index contributed by atoms with van der Waals surface area (Å²) in [5, 5.41) is 0. The van der Waals surface area contributed by atoms with E-state index in [-0.39, 0.29) is 0 Å². The summed E-state index contributed by atoms with van der Waals surface area (Å²) in [6, 6.07) is 0. The van der Waals surface area contributed by atoms with Gasteiger partial charge in [0.15, 0.2) is 0 Å². The smallest absolute Gasteiger partial charge is 0.106 e. The van der Waals surface area contributed by atoms with Crippen molar-refractivity contribution in [2.24, 2.45) is 0 Å². The Kier molecular flexibility index (Phi) is 52.8. The summed E-state index contributed by atoms with van der Waals surface area (Å²) < 4.78 is 70.9. The minimum absolute atomic E-state index is 0.426. The molecule has 0 rings (SSSR count). The molecular weight excluding hydrogens is 720 g/mol. The van der Waals surface area contributed by atoms with Crippen LogP contribution in [-0.2, 0) is 71.4 Å². The number of hydrogen-bond donors (Lipinski definition) is 0. The van der Waals surface area contributed by atoms with Gasteiger partial charge >= 0.3 is 0 Å². The van der Waals surface area contributed by atoms with Gasteiger partial charge in [0.05, 0.1) is 172 Å². The Morgan fingerprint density at radius 2 is 0.382 bits per heavy atom. The third kappa shape index (κ3) is 53.4. The maximum atomic E-state index is 5.51. The molecule has 15 heteroatoms. The molecule has 0 saturated heterocycles. The van der Waals surface area contributed by atoms with Crippen molar-refractivity contribution in [3.8, 4) is 0 Å². The molecule has 0 aliphatic carbocycles. The molecule has 0 heterocycles. The molecular formula is C40H82O15. The van der Waals surface area contributed by atoms with Crippen LogP contribution in [0.4, 0.5) is 0 Å². The highest BCUT2D eigenvalue weighted by molar-refractivity contribution is 4.47. The summed E-state index contributed by atoms with van der Waals surface area (Å²) in [6.45, 7) is 19.1. The zero-order valence-electron chi connectivity index (χ0n) is 35.0. The summed E-state index contributed by atoms with van der Waals surface area (Å²) in [5.74, 6) is 0. The molecule has 15 nitrogen and oxygen atoms in total. The molecule has 0 atom stereocenters. The van der Waals surface area contributed by atoms with E-state index in [1.807, 2.05) is 6.92 Å². The van der Waals surface area contributed by atoms with E-state index in [1.54, 1.807) is 0 Å². The molecule has 0 fully saturated rings. The summed E-state index contributed by atoms with van der Waals surface area (Å²) in [6.07, 6.45) is 13.1. The monoisotopic (exact) mass is 803 g/mol. The zero-order valence-corrected chi connectivity index (χ0v) is 35.0. The van der Waals surface area contributed by atoms with Crippen LogP contribution in [-0.4, -0.2) is 185 Å². The van der Waals surface area contributed by atoms with Crippen molar-refractivity contribution in [2.75, 3.05) is 185 Å². The lowest BCUT2D eigenvalue weighted by atomic mass is 10.1. The maximum Gasteiger partial charge on any atom is 0.106 e. The second kappa shape index (κ2) is 53.4. The van der Waals surface area contributed by atoms with Gasteiger partial charge in [-0.1, -0.05) is 64.7 Å². The molecule has 55 heavy (non-hydrogen) atoms. The normalized spacial score (nSPS) is 11.7. The largest absolute Gasteiger partial charge is 0.379 e. The number of unbranched alkanes of at least 4 members (excludes halogenated alkanes) is 9. The molecule has 0 saturated carbocycles. The molecule has 0 spiro atoms. The molecule has 0 aromatic heterocycles. The molecule has 0 aromatic rings. The van der Waals surface area contributed by atoms with Crippen LogP contribution < -0.4 is 0 Å². The van der Waals surface area contributed by atoms with Crippen molar-refractivity contribution >= 4 is 0 Å². The lowest BCUT2D eigenvalue weighted by Crippen LogP contribution is -2.15. The number of rotatable bonds is 52. The molecule has 0 bridgehead atoms. The topological polar surface area (TPSA) is 138 Å². The molecule has 0 unspecified atom stereocenters. The fraction of sp³-hybridized carbons (Fsp3) is 1.00. The van der Waals surface area contributed by atoms with E-state index in [2.05, 4.69) is 6.92 Å². The van der Waals surface area contributed by atoms with Crippen LogP contribution in [0.2, 0.25) is 0 Å². The first-order chi connectivity index (χ1) is 27.4. The van der Waals surface area contributed by atoms with E-state index < -0.39 is 0 Å². The van der Waals surface area contributed by atoms with Crippen molar-refractivity contribution in [2.45, 2.75) is 78.1 Å². The van der Waals surface area contributed by atoms with Crippen LogP contribution in [0, 0.1) is 0 Å². The lowest BCUT2D eigenvalue weighted by Gasteiger charge is -2.09. The molecule has 332 valence electrons. The predicted octanol–water partition coefficient (Wildman–Crippen LogP) is 5.09. The first-order valence-corrected chi connectivity index (χ1v) is 21.2. The third-order valence-electron chi connectivity index (χ3n) is 7.64. The average Bonchev–Trinajstić information content (AvgIpc) is 3.20. The van der Waals surface area contributed by atoms with Crippen LogP contribution in [0.15, 0.2) is 0 Å². The van der Waals surface area contributed by atoms with E-state index in [0.717, 1.165) is 6.42 Å². The highest BCUT2D eigenvalue weighted by atomic mass is 17.2. The zero-order chi connectivity index (χ0) is 39.5. The standard InChI is InChI=1S/C40H82O15/c1-3-5-6-7-8-9-10-11-12-13-14-54-55-40-39-53-38-37-52-36-35-51-34-33-50-32-31-49-30-29-48-28-27-47-26-25-46-24-23-45-22-21-44-20-19-43-18-17-42-16-15-41-4-2/h3-40H2,1-2H3. The van der Waals surface area contributed by atoms with Gasteiger partial charge in [-0.15, -0.1) is 0 Å². The average molecular weight is 803 g/mol. The van der Waals surface area contributed by atoms with E-state index in [9.17, 15) is 0 Å². The SMILES string of the molecule is CCCCCCCCCCCCOOCCOCCOCCOCCOCCOCCOCCOCCOCCOCCOCCOCCOCCOCC. The van der Waals surface area contributed by atoms with Crippen molar-refractivity contribution in [1.29, 1.82) is 0 Å². The van der Waals surface area contributed by atoms with E-state index in [1.165, 1.54) is 57.8 Å². The Balaban J connectivity index is 3.05. The Morgan fingerprint density at radius 3 is 0.636 bits per heavy atom. The second-order valence-electron chi connectivity index (χ2n) is 12.4. The van der Waals surface area contributed by atoms with Gasteiger partial charge in [-0.05, 0) is 13.3 Å². The van der Waals surface area contributed by atoms with Crippen LogP contribution in [0.3, 0.4) is 0 Å². The van der Waals surface area contributed by atoms with Gasteiger partial charge in [-0.2, -0.15) is 0 Å². The first kappa shape index (κ1) is 54.4. The highest BCUT2D eigenvalue weighted by Crippen LogP contribution is 2.10. The number of hydrogen-bond acceptors (Lipinski definition) is 15. The molecule has 0 amide bonds. The quantitative estimate of drug-likeness (QED) is 0.0458. The van der Waals surface area contributed by atoms with Crippen molar-refractivity contribution in [3.05, 3.63) is 0 Å². The molecule has 0 aliphatic rings. The predicted molar refractivity (Wildman–Crippen MR) is 210 cm³/mol. The van der Waals surface area contributed by atoms with Gasteiger partial charge in [-0.3, -0.25) is 0 Å². The fourth-order valence-electron chi connectivity index (χ4n) is 4.64. The summed E-state index contributed by atoms with van der Waals surface area (Å²) in [7, 11) is 0. The Morgan fingerprint density at radius 1 is 0.182 bits per heavy atom. The molecule has 0 N–H and O–H groups in total. The van der Waals surface area contributed by atoms with E-state index >= 15 is 0 Å². The minimum Gasteiger partial charge on any atom is -0.379 e. The minimum atomic E-state index is 0.426. The summed E-state index contributed by atoms with van der Waals surface area (Å²) in [5.41, 5.74) is 0. The van der Waals surface area contributed by atoms with Crippen LogP contribution in [0.1, 0.15) is 78.1 Å². The van der Waals surface area contributed by atoms with E-state index in [0.29, 0.717) is 185 Å². The van der Waals surface area contributed by atoms with Crippen molar-refractivity contribution < 1.29 is 71.4 Å². The van der Waals surface area contributed by atoms with Gasteiger partial charge < -0.3 is 61.6 Å². The number of ether oxygens (including phenoxy) is 13. The van der Waals surface area contributed by atoms with Gasteiger partial charge in [-0.25, -0.2) is 9.78 Å². The molecule has 0 radical (unpaired) electrons. The van der Waals surface area contributed by atoms with Gasteiger partial charge in [0.2, 0.25) is 0 Å². The van der Waals surface area contributed by atoms with Crippen molar-refractivity contribution in [1.82, 2.24) is 0 Å².